The summed E-state index contributed by atoms with van der Waals surface area (Å²) in [5.74, 6) is -2.75. The van der Waals surface area contributed by atoms with Crippen molar-refractivity contribution in [1.29, 1.82) is 0 Å². The van der Waals surface area contributed by atoms with Crippen molar-refractivity contribution in [3.05, 3.63) is 99.0 Å². The number of carboxylic acid groups (broad SMARTS) is 1. The summed E-state index contributed by atoms with van der Waals surface area (Å²) in [5.41, 5.74) is 0.993. The third kappa shape index (κ3) is 5.42. The lowest BCUT2D eigenvalue weighted by Gasteiger charge is -2.14. The molecule has 0 aliphatic rings. The maximum Gasteiger partial charge on any atom is 0.342 e. The fraction of sp³-hybridized carbons (Fsp3) is 0.0909. The van der Waals surface area contributed by atoms with E-state index < -0.39 is 23.6 Å². The molecule has 0 aliphatic heterocycles. The molecule has 0 unspecified atom stereocenters. The Hall–Kier alpha value is -3.26. The molecule has 0 aliphatic carbocycles. The number of rotatable bonds is 7. The number of hydrogen-bond donors (Lipinski definition) is 1. The second kappa shape index (κ2) is 9.49. The van der Waals surface area contributed by atoms with Gasteiger partial charge in [0.15, 0.2) is 0 Å². The molecule has 0 radical (unpaired) electrons. The van der Waals surface area contributed by atoms with Gasteiger partial charge in [-0.3, -0.25) is 0 Å². The van der Waals surface area contributed by atoms with E-state index in [0.717, 1.165) is 6.07 Å². The van der Waals surface area contributed by atoms with E-state index in [1.54, 1.807) is 0 Å². The van der Waals surface area contributed by atoms with Crippen molar-refractivity contribution in [2.45, 2.75) is 13.2 Å². The first-order valence-corrected chi connectivity index (χ1v) is 9.48. The molecule has 0 bridgehead atoms. The number of carbonyl (C=O) groups excluding carboxylic acids is 1. The van der Waals surface area contributed by atoms with Crippen LogP contribution < -0.4 is 4.74 Å². The molecular formula is C22H15BrF2O5. The number of benzene rings is 3. The van der Waals surface area contributed by atoms with Crippen LogP contribution in [0.4, 0.5) is 8.78 Å². The maximum absolute atomic E-state index is 13.1. The molecule has 0 fully saturated rings. The number of aromatic carboxylic acids is 1. The van der Waals surface area contributed by atoms with Crippen molar-refractivity contribution in [3.63, 3.8) is 0 Å². The summed E-state index contributed by atoms with van der Waals surface area (Å²) in [5, 5.41) is 9.34. The van der Waals surface area contributed by atoms with Crippen LogP contribution in [0.25, 0.3) is 0 Å². The molecule has 0 saturated heterocycles. The zero-order chi connectivity index (χ0) is 21.7. The van der Waals surface area contributed by atoms with Gasteiger partial charge in [0.2, 0.25) is 0 Å². The lowest BCUT2D eigenvalue weighted by atomic mass is 10.1. The molecule has 0 amide bonds. The highest BCUT2D eigenvalue weighted by Crippen LogP contribution is 2.29. The van der Waals surface area contributed by atoms with Crippen molar-refractivity contribution < 1.29 is 33.0 Å². The topological polar surface area (TPSA) is 72.8 Å². The van der Waals surface area contributed by atoms with Crippen LogP contribution in [0.2, 0.25) is 0 Å². The maximum atomic E-state index is 13.1. The fourth-order valence-corrected chi connectivity index (χ4v) is 3.04. The Morgan fingerprint density at radius 2 is 1.37 bits per heavy atom. The minimum atomic E-state index is -1.24. The zero-order valence-corrected chi connectivity index (χ0v) is 17.0. The van der Waals surface area contributed by atoms with Crippen LogP contribution in [-0.2, 0) is 18.0 Å². The van der Waals surface area contributed by atoms with E-state index in [4.69, 9.17) is 9.47 Å². The Kier molecular flexibility index (Phi) is 6.79. The lowest BCUT2D eigenvalue weighted by Crippen LogP contribution is -2.11. The van der Waals surface area contributed by atoms with E-state index in [9.17, 15) is 23.5 Å². The average molecular weight is 477 g/mol. The van der Waals surface area contributed by atoms with Crippen molar-refractivity contribution >= 4 is 27.9 Å². The normalized spacial score (nSPS) is 10.5. The van der Waals surface area contributed by atoms with E-state index in [-0.39, 0.29) is 34.6 Å². The molecule has 0 spiro atoms. The van der Waals surface area contributed by atoms with E-state index in [0.29, 0.717) is 11.1 Å². The molecule has 154 valence electrons. The third-order valence-corrected chi connectivity index (χ3v) is 4.77. The van der Waals surface area contributed by atoms with Gasteiger partial charge >= 0.3 is 11.9 Å². The van der Waals surface area contributed by atoms with E-state index >= 15 is 0 Å². The SMILES string of the molecule is O=C(O)c1cc(C(=O)OCc2ccc(F)cc2)c(OCc2ccc(F)cc2)cc1Br. The molecule has 0 saturated carbocycles. The van der Waals surface area contributed by atoms with Crippen molar-refractivity contribution in [3.8, 4) is 5.75 Å². The molecule has 5 nitrogen and oxygen atoms in total. The van der Waals surface area contributed by atoms with E-state index in [1.807, 2.05) is 0 Å². The molecule has 0 atom stereocenters. The third-order valence-electron chi connectivity index (χ3n) is 4.11. The second-order valence-electron chi connectivity index (χ2n) is 6.25. The monoisotopic (exact) mass is 476 g/mol. The van der Waals surface area contributed by atoms with Crippen LogP contribution in [-0.4, -0.2) is 17.0 Å². The van der Waals surface area contributed by atoms with Crippen LogP contribution in [0.1, 0.15) is 31.8 Å². The molecular weight excluding hydrogens is 462 g/mol. The highest BCUT2D eigenvalue weighted by atomic mass is 79.9. The van der Waals surface area contributed by atoms with Gasteiger partial charge in [-0.15, -0.1) is 0 Å². The van der Waals surface area contributed by atoms with Crippen LogP contribution in [0.5, 0.6) is 5.75 Å². The molecule has 8 heteroatoms. The number of carbonyl (C=O) groups is 2. The predicted octanol–water partition coefficient (Wildman–Crippen LogP) is 5.36. The fourth-order valence-electron chi connectivity index (χ4n) is 2.55. The first-order chi connectivity index (χ1) is 14.3. The van der Waals surface area contributed by atoms with Crippen LogP contribution in [0.15, 0.2) is 65.1 Å². The van der Waals surface area contributed by atoms with Crippen LogP contribution in [0.3, 0.4) is 0 Å². The minimum Gasteiger partial charge on any atom is -0.488 e. The van der Waals surface area contributed by atoms with Gasteiger partial charge in [-0.25, -0.2) is 18.4 Å². The smallest absolute Gasteiger partial charge is 0.342 e. The van der Waals surface area contributed by atoms with E-state index in [1.165, 1.54) is 54.6 Å². The van der Waals surface area contributed by atoms with Crippen molar-refractivity contribution in [2.24, 2.45) is 0 Å². The van der Waals surface area contributed by atoms with Gasteiger partial charge in [0.05, 0.1) is 5.56 Å². The minimum absolute atomic E-state index is 0.0252. The number of halogens is 3. The number of esters is 1. The van der Waals surface area contributed by atoms with Crippen molar-refractivity contribution in [2.75, 3.05) is 0 Å². The summed E-state index contributed by atoms with van der Waals surface area (Å²) in [6.45, 7) is -0.105. The highest BCUT2D eigenvalue weighted by Gasteiger charge is 2.21. The van der Waals surface area contributed by atoms with Crippen LogP contribution >= 0.6 is 15.9 Å². The molecule has 3 aromatic rings. The van der Waals surface area contributed by atoms with Crippen LogP contribution in [0, 0.1) is 11.6 Å². The standard InChI is InChI=1S/C22H15BrF2O5/c23-19-10-20(29-11-13-1-5-15(24)6-2-13)18(9-17(19)21(26)27)22(28)30-12-14-3-7-16(25)8-4-14/h1-10H,11-12H2,(H,26,27). The Bertz CT molecular complexity index is 1070. The molecule has 30 heavy (non-hydrogen) atoms. The summed E-state index contributed by atoms with van der Waals surface area (Å²) >= 11 is 3.15. The van der Waals surface area contributed by atoms with Gasteiger partial charge in [-0.2, -0.15) is 0 Å². The molecule has 1 N–H and O–H groups in total. The molecule has 0 heterocycles. The predicted molar refractivity (Wildman–Crippen MR) is 107 cm³/mol. The number of carboxylic acids is 1. The van der Waals surface area contributed by atoms with E-state index in [2.05, 4.69) is 15.9 Å². The summed E-state index contributed by atoms with van der Waals surface area (Å²) in [6.07, 6.45) is 0. The summed E-state index contributed by atoms with van der Waals surface area (Å²) < 4.78 is 37.2. The Morgan fingerprint density at radius 1 is 0.833 bits per heavy atom. The Morgan fingerprint density at radius 3 is 1.90 bits per heavy atom. The van der Waals surface area contributed by atoms with Gasteiger partial charge < -0.3 is 14.6 Å². The molecule has 3 rings (SSSR count). The van der Waals surface area contributed by atoms with Gasteiger partial charge in [-0.05, 0) is 63.5 Å². The Labute approximate surface area is 179 Å². The summed E-state index contributed by atoms with van der Waals surface area (Å²) in [6, 6.07) is 13.6. The van der Waals surface area contributed by atoms with Gasteiger partial charge in [0.1, 0.15) is 36.2 Å². The first kappa shape index (κ1) is 21.4. The molecule has 3 aromatic carbocycles. The summed E-state index contributed by atoms with van der Waals surface area (Å²) in [7, 11) is 0. The van der Waals surface area contributed by atoms with Crippen molar-refractivity contribution in [1.82, 2.24) is 0 Å². The number of hydrogen-bond acceptors (Lipinski definition) is 4. The lowest BCUT2D eigenvalue weighted by molar-refractivity contribution is 0.0467. The zero-order valence-electron chi connectivity index (χ0n) is 15.4. The van der Waals surface area contributed by atoms with Gasteiger partial charge in [0, 0.05) is 4.47 Å². The van der Waals surface area contributed by atoms with Gasteiger partial charge in [-0.1, -0.05) is 24.3 Å². The second-order valence-corrected chi connectivity index (χ2v) is 7.11. The molecule has 0 aromatic heterocycles. The Balaban J connectivity index is 1.82. The first-order valence-electron chi connectivity index (χ1n) is 8.69. The summed E-state index contributed by atoms with van der Waals surface area (Å²) in [4.78, 5) is 24.1. The quantitative estimate of drug-likeness (QED) is 0.464. The highest BCUT2D eigenvalue weighted by molar-refractivity contribution is 9.10. The van der Waals surface area contributed by atoms with Gasteiger partial charge in [0.25, 0.3) is 0 Å². The average Bonchev–Trinajstić information content (AvgIpc) is 2.72. The largest absolute Gasteiger partial charge is 0.488 e. The number of ether oxygens (including phenoxy) is 2.